The highest BCUT2D eigenvalue weighted by atomic mass is 79.9. The molecule has 4 aliphatic carbocycles. The lowest BCUT2D eigenvalue weighted by molar-refractivity contribution is -0.147. The van der Waals surface area contributed by atoms with Crippen LogP contribution in [0.5, 0.6) is 0 Å². The van der Waals surface area contributed by atoms with Crippen molar-refractivity contribution in [3.05, 3.63) is 34.3 Å². The van der Waals surface area contributed by atoms with Gasteiger partial charge < -0.3 is 10.2 Å². The third kappa shape index (κ3) is 3.42. The summed E-state index contributed by atoms with van der Waals surface area (Å²) in [6.45, 7) is 0.634. The van der Waals surface area contributed by atoms with Crippen LogP contribution in [0.15, 0.2) is 28.7 Å². The summed E-state index contributed by atoms with van der Waals surface area (Å²) < 4.78 is 0.997. The zero-order valence-corrected chi connectivity index (χ0v) is 16.9. The van der Waals surface area contributed by atoms with Gasteiger partial charge in [-0.2, -0.15) is 0 Å². The minimum atomic E-state index is -0.184. The zero-order valence-electron chi connectivity index (χ0n) is 15.3. The van der Waals surface area contributed by atoms with Gasteiger partial charge in [-0.1, -0.05) is 34.1 Å². The molecule has 0 radical (unpaired) electrons. The van der Waals surface area contributed by atoms with E-state index in [1.807, 2.05) is 24.3 Å². The average molecular weight is 419 g/mol. The molecule has 5 rings (SSSR count). The molecule has 26 heavy (non-hydrogen) atoms. The van der Waals surface area contributed by atoms with Crippen molar-refractivity contribution in [1.82, 2.24) is 10.2 Å². The van der Waals surface area contributed by atoms with E-state index in [9.17, 15) is 9.59 Å². The Kier molecular flexibility index (Phi) is 4.84. The molecule has 4 fully saturated rings. The van der Waals surface area contributed by atoms with Gasteiger partial charge in [-0.05, 0) is 67.9 Å². The van der Waals surface area contributed by atoms with Gasteiger partial charge in [0.15, 0.2) is 0 Å². The van der Waals surface area contributed by atoms with E-state index in [2.05, 4.69) is 21.2 Å². The van der Waals surface area contributed by atoms with Crippen molar-refractivity contribution in [1.29, 1.82) is 0 Å². The highest BCUT2D eigenvalue weighted by molar-refractivity contribution is 9.10. The Morgan fingerprint density at radius 1 is 1.12 bits per heavy atom. The van der Waals surface area contributed by atoms with E-state index in [0.717, 1.165) is 47.1 Å². The zero-order chi connectivity index (χ0) is 18.3. The van der Waals surface area contributed by atoms with Gasteiger partial charge in [-0.3, -0.25) is 9.59 Å². The minimum absolute atomic E-state index is 0.0427. The first kappa shape index (κ1) is 18.0. The fraction of sp³-hybridized carbons (Fsp3) is 0.619. The van der Waals surface area contributed by atoms with Crippen molar-refractivity contribution in [3.8, 4) is 0 Å². The Morgan fingerprint density at radius 2 is 1.69 bits per heavy atom. The van der Waals surface area contributed by atoms with E-state index in [-0.39, 0.29) is 23.8 Å². The molecule has 0 aliphatic heterocycles. The first-order chi connectivity index (χ1) is 12.4. The molecule has 2 amide bonds. The lowest BCUT2D eigenvalue weighted by Gasteiger charge is -2.55. The van der Waals surface area contributed by atoms with Crippen LogP contribution in [0.2, 0.25) is 0 Å². The van der Waals surface area contributed by atoms with Crippen molar-refractivity contribution >= 4 is 27.7 Å². The highest BCUT2D eigenvalue weighted by Gasteiger charge is 2.54. The maximum absolute atomic E-state index is 12.9. The number of carbonyl (C=O) groups excluding carboxylic acids is 2. The van der Waals surface area contributed by atoms with Crippen LogP contribution < -0.4 is 5.32 Å². The van der Waals surface area contributed by atoms with Crippen LogP contribution in [0.25, 0.3) is 0 Å². The summed E-state index contributed by atoms with van der Waals surface area (Å²) in [5.74, 6) is 2.29. The number of amides is 2. The number of nitrogens with zero attached hydrogens (tertiary/aromatic N) is 1. The first-order valence-corrected chi connectivity index (χ1v) is 10.5. The van der Waals surface area contributed by atoms with Gasteiger partial charge in [0.1, 0.15) is 0 Å². The van der Waals surface area contributed by atoms with Crippen LogP contribution in [-0.2, 0) is 16.1 Å². The Bertz CT molecular complexity index is 682. The Balaban J connectivity index is 1.33. The number of hydrogen-bond donors (Lipinski definition) is 1. The maximum Gasteiger partial charge on any atom is 0.242 e. The topological polar surface area (TPSA) is 49.4 Å². The molecule has 0 spiro atoms. The standard InChI is InChI=1S/C21H27BrN2O2/c1-24(13-17-4-2-3-5-18(17)22)19(25)12-23-20(26)21-9-14-6-15(10-21)8-16(7-14)11-21/h2-5,14-16H,6-13H2,1H3,(H,23,26). The van der Waals surface area contributed by atoms with Gasteiger partial charge in [-0.15, -0.1) is 0 Å². The third-order valence-corrected chi connectivity index (χ3v) is 7.48. The molecule has 0 aromatic heterocycles. The second kappa shape index (κ2) is 6.99. The molecule has 1 aromatic rings. The molecule has 5 heteroatoms. The predicted octanol–water partition coefficient (Wildman–Crippen LogP) is 3.74. The van der Waals surface area contributed by atoms with Crippen LogP contribution >= 0.6 is 15.9 Å². The summed E-state index contributed by atoms with van der Waals surface area (Å²) in [5.41, 5.74) is 0.881. The van der Waals surface area contributed by atoms with Crippen LogP contribution in [0.3, 0.4) is 0 Å². The van der Waals surface area contributed by atoms with Crippen LogP contribution in [0, 0.1) is 23.2 Å². The van der Waals surface area contributed by atoms with E-state index < -0.39 is 0 Å². The van der Waals surface area contributed by atoms with E-state index in [4.69, 9.17) is 0 Å². The summed E-state index contributed by atoms with van der Waals surface area (Å²) in [7, 11) is 1.79. The fourth-order valence-corrected chi connectivity index (χ4v) is 6.25. The lowest BCUT2D eigenvalue weighted by atomic mass is 9.49. The number of rotatable bonds is 5. The van der Waals surface area contributed by atoms with Crippen LogP contribution in [-0.4, -0.2) is 30.3 Å². The number of halogens is 1. The summed E-state index contributed by atoms with van der Waals surface area (Å²) in [5, 5.41) is 2.98. The maximum atomic E-state index is 12.9. The number of likely N-dealkylation sites (N-methyl/N-ethyl adjacent to an activating group) is 1. The fourth-order valence-electron chi connectivity index (χ4n) is 5.84. The second-order valence-corrected chi connectivity index (χ2v) is 9.58. The minimum Gasteiger partial charge on any atom is -0.347 e. The van der Waals surface area contributed by atoms with Crippen molar-refractivity contribution in [2.24, 2.45) is 23.2 Å². The van der Waals surface area contributed by atoms with E-state index >= 15 is 0 Å². The molecule has 4 nitrogen and oxygen atoms in total. The van der Waals surface area contributed by atoms with E-state index in [0.29, 0.717) is 6.54 Å². The monoisotopic (exact) mass is 418 g/mol. The van der Waals surface area contributed by atoms with Crippen molar-refractivity contribution in [2.75, 3.05) is 13.6 Å². The van der Waals surface area contributed by atoms with Gasteiger partial charge in [-0.25, -0.2) is 0 Å². The summed E-state index contributed by atoms with van der Waals surface area (Å²) >= 11 is 3.52. The first-order valence-electron chi connectivity index (χ1n) is 9.71. The third-order valence-electron chi connectivity index (χ3n) is 6.71. The molecular weight excluding hydrogens is 392 g/mol. The van der Waals surface area contributed by atoms with Gasteiger partial charge >= 0.3 is 0 Å². The van der Waals surface area contributed by atoms with E-state index in [1.54, 1.807) is 11.9 Å². The quantitative estimate of drug-likeness (QED) is 0.791. The molecule has 0 saturated heterocycles. The predicted molar refractivity (Wildman–Crippen MR) is 104 cm³/mol. The largest absolute Gasteiger partial charge is 0.347 e. The molecule has 4 bridgehead atoms. The Labute approximate surface area is 163 Å². The van der Waals surface area contributed by atoms with Crippen LogP contribution in [0.4, 0.5) is 0 Å². The summed E-state index contributed by atoms with van der Waals surface area (Å²) in [6.07, 6.45) is 7.06. The Hall–Kier alpha value is -1.36. The molecule has 1 aromatic carbocycles. The van der Waals surface area contributed by atoms with Gasteiger partial charge in [0, 0.05) is 23.5 Å². The molecule has 0 unspecified atom stereocenters. The van der Waals surface area contributed by atoms with Crippen LogP contribution in [0.1, 0.15) is 44.1 Å². The Morgan fingerprint density at radius 3 is 2.27 bits per heavy atom. The molecular formula is C21H27BrN2O2. The number of benzene rings is 1. The average Bonchev–Trinajstić information content (AvgIpc) is 2.60. The summed E-state index contributed by atoms with van der Waals surface area (Å²) in [6, 6.07) is 7.90. The number of hydrogen-bond acceptors (Lipinski definition) is 2. The van der Waals surface area contributed by atoms with Crippen molar-refractivity contribution in [2.45, 2.75) is 45.1 Å². The normalized spacial score (nSPS) is 31.7. The molecule has 4 saturated carbocycles. The molecule has 1 N–H and O–H groups in total. The highest BCUT2D eigenvalue weighted by Crippen LogP contribution is 2.60. The summed E-state index contributed by atoms with van der Waals surface area (Å²) in [4.78, 5) is 27.1. The smallest absolute Gasteiger partial charge is 0.242 e. The molecule has 140 valence electrons. The van der Waals surface area contributed by atoms with Gasteiger partial charge in [0.2, 0.25) is 11.8 Å². The molecule has 4 aliphatic rings. The van der Waals surface area contributed by atoms with Crippen molar-refractivity contribution in [3.63, 3.8) is 0 Å². The van der Waals surface area contributed by atoms with Gasteiger partial charge in [0.25, 0.3) is 0 Å². The molecule has 0 heterocycles. The second-order valence-electron chi connectivity index (χ2n) is 8.72. The number of nitrogens with one attached hydrogen (secondary N) is 1. The lowest BCUT2D eigenvalue weighted by Crippen LogP contribution is -2.54. The van der Waals surface area contributed by atoms with E-state index in [1.165, 1.54) is 19.3 Å². The SMILES string of the molecule is CN(Cc1ccccc1Br)C(=O)CNC(=O)C12CC3CC(CC(C3)C1)C2. The van der Waals surface area contributed by atoms with Gasteiger partial charge in [0.05, 0.1) is 6.54 Å². The van der Waals surface area contributed by atoms with Crippen molar-refractivity contribution < 1.29 is 9.59 Å². The molecule has 0 atom stereocenters. The number of carbonyl (C=O) groups is 2.